The molecule has 1 aliphatic rings. The fraction of sp³-hybridized carbons (Fsp3) is 0.333. The zero-order chi connectivity index (χ0) is 19.8. The number of carbonyl (C=O) groups is 1. The van der Waals surface area contributed by atoms with E-state index in [9.17, 15) is 18.7 Å². The van der Waals surface area contributed by atoms with Gasteiger partial charge in [0.15, 0.2) is 0 Å². The van der Waals surface area contributed by atoms with Crippen LogP contribution in [0.1, 0.15) is 47.8 Å². The second-order valence-corrected chi connectivity index (χ2v) is 7.07. The topological polar surface area (TPSA) is 62.2 Å². The van der Waals surface area contributed by atoms with Crippen molar-refractivity contribution in [1.82, 2.24) is 10.3 Å². The largest absolute Gasteiger partial charge is 0.387 e. The predicted molar refractivity (Wildman–Crippen MR) is 94.5 cm³/mol. The number of benzene rings is 1. The highest BCUT2D eigenvalue weighted by atomic mass is 35.5. The average Bonchev–Trinajstić information content (AvgIpc) is 2.63. The lowest BCUT2D eigenvalue weighted by molar-refractivity contribution is -0.135. The number of hydrogen-bond donors (Lipinski definition) is 2. The lowest BCUT2D eigenvalue weighted by atomic mass is 9.81. The third kappa shape index (κ3) is 3.77. The lowest BCUT2D eigenvalue weighted by Gasteiger charge is -2.32. The van der Waals surface area contributed by atoms with E-state index < -0.39 is 36.2 Å². The van der Waals surface area contributed by atoms with Gasteiger partial charge in [-0.1, -0.05) is 29.3 Å². The van der Waals surface area contributed by atoms with Gasteiger partial charge in [-0.3, -0.25) is 9.78 Å². The van der Waals surface area contributed by atoms with E-state index in [4.69, 9.17) is 23.2 Å². The molecule has 0 fully saturated rings. The number of carbonyl (C=O) groups excluding carboxylic acids is 1. The summed E-state index contributed by atoms with van der Waals surface area (Å²) in [6.07, 6.45) is -2.67. The number of rotatable bonds is 4. The molecule has 27 heavy (non-hydrogen) atoms. The van der Waals surface area contributed by atoms with Crippen LogP contribution in [0.15, 0.2) is 30.5 Å². The summed E-state index contributed by atoms with van der Waals surface area (Å²) < 4.78 is 42.0. The van der Waals surface area contributed by atoms with Crippen LogP contribution in [-0.2, 0) is 17.0 Å². The molecule has 0 radical (unpaired) electrons. The van der Waals surface area contributed by atoms with Crippen LogP contribution in [0.3, 0.4) is 0 Å². The standard InChI is InChI=1S/C18H15Cl2F3N2O2/c19-9-6-10(16(21)22)11(13(20)7-9)8-25-17(27)18(23)4-3-14(26)15-12(18)2-1-5-24-15/h1-2,5-7,14,16,26H,3-4,8H2,(H,25,27)/t14-,18-/m0/s1. The lowest BCUT2D eigenvalue weighted by Crippen LogP contribution is -2.44. The number of hydrogen-bond acceptors (Lipinski definition) is 3. The molecule has 144 valence electrons. The molecule has 2 N–H and O–H groups in total. The van der Waals surface area contributed by atoms with Crippen LogP contribution >= 0.6 is 23.2 Å². The Morgan fingerprint density at radius 1 is 1.41 bits per heavy atom. The number of nitrogens with zero attached hydrogens (tertiary/aromatic N) is 1. The van der Waals surface area contributed by atoms with Crippen molar-refractivity contribution in [3.8, 4) is 0 Å². The fourth-order valence-electron chi connectivity index (χ4n) is 3.17. The highest BCUT2D eigenvalue weighted by Gasteiger charge is 2.46. The van der Waals surface area contributed by atoms with E-state index >= 15 is 4.39 Å². The Morgan fingerprint density at radius 3 is 2.85 bits per heavy atom. The average molecular weight is 419 g/mol. The molecule has 2 atom stereocenters. The number of nitrogens with one attached hydrogen (secondary N) is 1. The molecule has 0 aliphatic heterocycles. The highest BCUT2D eigenvalue weighted by Crippen LogP contribution is 2.42. The van der Waals surface area contributed by atoms with Crippen LogP contribution < -0.4 is 5.32 Å². The normalized spacial score (nSPS) is 21.8. The van der Waals surface area contributed by atoms with Crippen LogP contribution in [0.5, 0.6) is 0 Å². The third-order valence-corrected chi connectivity index (χ3v) is 5.11. The summed E-state index contributed by atoms with van der Waals surface area (Å²) in [6.45, 7) is -0.391. The molecule has 1 amide bonds. The molecule has 1 aromatic carbocycles. The van der Waals surface area contributed by atoms with Gasteiger partial charge in [-0.2, -0.15) is 0 Å². The van der Waals surface area contributed by atoms with Crippen molar-refractivity contribution >= 4 is 29.1 Å². The van der Waals surface area contributed by atoms with Crippen molar-refractivity contribution in [2.45, 2.75) is 37.6 Å². The fourth-order valence-corrected chi connectivity index (χ4v) is 3.75. The smallest absolute Gasteiger partial charge is 0.264 e. The third-order valence-electron chi connectivity index (χ3n) is 4.56. The molecule has 1 aromatic heterocycles. The van der Waals surface area contributed by atoms with Crippen LogP contribution in [0.25, 0.3) is 0 Å². The summed E-state index contributed by atoms with van der Waals surface area (Å²) in [5, 5.41) is 12.3. The highest BCUT2D eigenvalue weighted by molar-refractivity contribution is 6.35. The molecule has 9 heteroatoms. The minimum Gasteiger partial charge on any atom is -0.387 e. The number of aromatic nitrogens is 1. The first kappa shape index (κ1) is 19.9. The first-order valence-electron chi connectivity index (χ1n) is 8.10. The molecule has 1 aliphatic carbocycles. The zero-order valence-corrected chi connectivity index (χ0v) is 15.4. The zero-order valence-electron chi connectivity index (χ0n) is 13.9. The molecule has 0 saturated heterocycles. The summed E-state index contributed by atoms with van der Waals surface area (Å²) >= 11 is 11.7. The van der Waals surface area contributed by atoms with E-state index in [0.717, 1.165) is 6.07 Å². The first-order chi connectivity index (χ1) is 12.7. The monoisotopic (exact) mass is 418 g/mol. The van der Waals surface area contributed by atoms with E-state index in [1.54, 1.807) is 0 Å². The Kier molecular flexibility index (Phi) is 5.65. The Bertz CT molecular complexity index is 882. The molecular weight excluding hydrogens is 404 g/mol. The molecular formula is C18H15Cl2F3N2O2. The van der Waals surface area contributed by atoms with Crippen molar-refractivity contribution in [3.05, 3.63) is 62.9 Å². The van der Waals surface area contributed by atoms with Crippen molar-refractivity contribution in [3.63, 3.8) is 0 Å². The van der Waals surface area contributed by atoms with Crippen LogP contribution in [-0.4, -0.2) is 16.0 Å². The second-order valence-electron chi connectivity index (χ2n) is 6.23. The van der Waals surface area contributed by atoms with Crippen LogP contribution in [0.4, 0.5) is 13.2 Å². The Balaban J connectivity index is 1.86. The molecule has 4 nitrogen and oxygen atoms in total. The van der Waals surface area contributed by atoms with Crippen molar-refractivity contribution < 1.29 is 23.1 Å². The summed E-state index contributed by atoms with van der Waals surface area (Å²) in [5.41, 5.74) is -2.82. The van der Waals surface area contributed by atoms with Crippen LogP contribution in [0.2, 0.25) is 10.0 Å². The number of alkyl halides is 3. The molecule has 0 spiro atoms. The summed E-state index contributed by atoms with van der Waals surface area (Å²) in [6, 6.07) is 5.17. The van der Waals surface area contributed by atoms with Gasteiger partial charge in [0, 0.05) is 33.9 Å². The summed E-state index contributed by atoms with van der Waals surface area (Å²) in [5.74, 6) is -1.00. The Morgan fingerprint density at radius 2 is 2.15 bits per heavy atom. The van der Waals surface area contributed by atoms with Gasteiger partial charge in [0.25, 0.3) is 12.3 Å². The van der Waals surface area contributed by atoms with Crippen molar-refractivity contribution in [1.29, 1.82) is 0 Å². The van der Waals surface area contributed by atoms with E-state index in [2.05, 4.69) is 10.3 Å². The van der Waals surface area contributed by atoms with E-state index in [0.29, 0.717) is 0 Å². The van der Waals surface area contributed by atoms with E-state index in [1.165, 1.54) is 24.4 Å². The maximum Gasteiger partial charge on any atom is 0.264 e. The van der Waals surface area contributed by atoms with Crippen molar-refractivity contribution in [2.75, 3.05) is 0 Å². The number of halogens is 5. The number of fused-ring (bicyclic) bond motifs is 1. The molecule has 0 unspecified atom stereocenters. The van der Waals surface area contributed by atoms with Gasteiger partial charge in [0.2, 0.25) is 5.67 Å². The minimum absolute atomic E-state index is 0.0118. The Hall–Kier alpha value is -1.83. The SMILES string of the molecule is O=C(NCc1c(Cl)cc(Cl)cc1C(F)F)[C@]1(F)CC[C@H](O)c2ncccc21. The van der Waals surface area contributed by atoms with E-state index in [-0.39, 0.29) is 39.7 Å². The second kappa shape index (κ2) is 7.66. The predicted octanol–water partition coefficient (Wildman–Crippen LogP) is 4.63. The van der Waals surface area contributed by atoms with E-state index in [1.807, 2.05) is 0 Å². The van der Waals surface area contributed by atoms with Gasteiger partial charge < -0.3 is 10.4 Å². The molecule has 1 heterocycles. The maximum atomic E-state index is 15.5. The molecule has 2 aromatic rings. The quantitative estimate of drug-likeness (QED) is 0.760. The van der Waals surface area contributed by atoms with Gasteiger partial charge in [-0.15, -0.1) is 0 Å². The minimum atomic E-state index is -2.86. The molecule has 3 rings (SSSR count). The van der Waals surface area contributed by atoms with Gasteiger partial charge in [-0.05, 0) is 36.6 Å². The summed E-state index contributed by atoms with van der Waals surface area (Å²) in [4.78, 5) is 16.5. The maximum absolute atomic E-state index is 15.5. The van der Waals surface area contributed by atoms with Gasteiger partial charge in [0.05, 0.1) is 11.8 Å². The first-order valence-corrected chi connectivity index (χ1v) is 8.86. The molecule has 0 bridgehead atoms. The van der Waals surface area contributed by atoms with Crippen molar-refractivity contribution in [2.24, 2.45) is 0 Å². The number of aliphatic hydroxyl groups is 1. The Labute approximate surface area is 163 Å². The van der Waals surface area contributed by atoms with Crippen LogP contribution in [0, 0.1) is 0 Å². The number of aliphatic hydroxyl groups excluding tert-OH is 1. The van der Waals surface area contributed by atoms with Gasteiger partial charge in [-0.25, -0.2) is 13.2 Å². The number of amides is 1. The summed E-state index contributed by atoms with van der Waals surface area (Å²) in [7, 11) is 0. The molecule has 0 saturated carbocycles. The van der Waals surface area contributed by atoms with Gasteiger partial charge in [0.1, 0.15) is 0 Å². The van der Waals surface area contributed by atoms with Gasteiger partial charge >= 0.3 is 0 Å². The number of pyridine rings is 1.